The van der Waals surface area contributed by atoms with Gasteiger partial charge in [0.2, 0.25) is 0 Å². The van der Waals surface area contributed by atoms with Crippen LogP contribution in [0.3, 0.4) is 0 Å². The van der Waals surface area contributed by atoms with Crippen LogP contribution in [0.5, 0.6) is 0 Å². The van der Waals surface area contributed by atoms with E-state index in [0.29, 0.717) is 0 Å². The Morgan fingerprint density at radius 1 is 1.10 bits per heavy atom. The van der Waals surface area contributed by atoms with Gasteiger partial charge in [0.1, 0.15) is 0 Å². The molecular formula is C25H32N4. The van der Waals surface area contributed by atoms with Gasteiger partial charge in [-0.3, -0.25) is 4.99 Å². The summed E-state index contributed by atoms with van der Waals surface area (Å²) in [6, 6.07) is 15.3. The normalized spacial score (nSPS) is 13.2. The third kappa shape index (κ3) is 4.60. The molecule has 0 bridgehead atoms. The van der Waals surface area contributed by atoms with Crippen molar-refractivity contribution in [3.63, 3.8) is 0 Å². The number of nitrogens with zero attached hydrogens (tertiary/aromatic N) is 4. The standard InChI is InChI=1S/C25H32N4/c1-7-23(20-14-15-24(19(2)17-20)29(6)27(3)4)26-16-10-11-21-18-28(5)25-13-9-8-12-22(21)25/h8-18,23H,7H2,1-6H3/b11-10+,26-16-. The molecule has 0 saturated heterocycles. The van der Waals surface area contributed by atoms with E-state index in [1.165, 1.54) is 33.3 Å². The van der Waals surface area contributed by atoms with Crippen LogP contribution in [-0.4, -0.2) is 36.9 Å². The predicted octanol–water partition coefficient (Wildman–Crippen LogP) is 5.63. The molecule has 1 heterocycles. The fourth-order valence-electron chi connectivity index (χ4n) is 3.70. The molecule has 1 atom stereocenters. The van der Waals surface area contributed by atoms with Gasteiger partial charge in [-0.2, -0.15) is 0 Å². The topological polar surface area (TPSA) is 23.8 Å². The number of hydrogen-bond acceptors (Lipinski definition) is 3. The first-order valence-electron chi connectivity index (χ1n) is 10.2. The number of para-hydroxylation sites is 1. The molecule has 4 heteroatoms. The lowest BCUT2D eigenvalue weighted by Crippen LogP contribution is -2.33. The number of hydrazine groups is 1. The van der Waals surface area contributed by atoms with Crippen molar-refractivity contribution < 1.29 is 0 Å². The van der Waals surface area contributed by atoms with Crippen LogP contribution >= 0.6 is 0 Å². The number of allylic oxidation sites excluding steroid dienone is 1. The molecule has 3 aromatic rings. The molecule has 0 saturated carbocycles. The highest BCUT2D eigenvalue weighted by Gasteiger charge is 2.11. The van der Waals surface area contributed by atoms with Crippen molar-refractivity contribution in [1.29, 1.82) is 0 Å². The average molecular weight is 389 g/mol. The maximum atomic E-state index is 4.82. The molecule has 4 nitrogen and oxygen atoms in total. The predicted molar refractivity (Wildman–Crippen MR) is 127 cm³/mol. The Kier molecular flexibility index (Phi) is 6.55. The van der Waals surface area contributed by atoms with Gasteiger partial charge in [0.15, 0.2) is 0 Å². The molecule has 29 heavy (non-hydrogen) atoms. The van der Waals surface area contributed by atoms with E-state index >= 15 is 0 Å². The van der Waals surface area contributed by atoms with Gasteiger partial charge >= 0.3 is 0 Å². The van der Waals surface area contributed by atoms with Crippen molar-refractivity contribution in [3.8, 4) is 0 Å². The summed E-state index contributed by atoms with van der Waals surface area (Å²) < 4.78 is 2.16. The van der Waals surface area contributed by atoms with E-state index in [0.717, 1.165) is 6.42 Å². The molecule has 0 aliphatic carbocycles. The molecule has 0 radical (unpaired) electrons. The highest BCUT2D eigenvalue weighted by atomic mass is 15.6. The van der Waals surface area contributed by atoms with Crippen molar-refractivity contribution in [3.05, 3.63) is 71.4 Å². The van der Waals surface area contributed by atoms with Crippen LogP contribution in [0.25, 0.3) is 17.0 Å². The second-order valence-corrected chi connectivity index (χ2v) is 7.71. The number of aryl methyl sites for hydroxylation is 2. The summed E-state index contributed by atoms with van der Waals surface area (Å²) in [4.78, 5) is 4.82. The zero-order valence-corrected chi connectivity index (χ0v) is 18.4. The second-order valence-electron chi connectivity index (χ2n) is 7.71. The van der Waals surface area contributed by atoms with Gasteiger partial charge in [-0.1, -0.05) is 43.3 Å². The van der Waals surface area contributed by atoms with Gasteiger partial charge < -0.3 is 9.58 Å². The van der Waals surface area contributed by atoms with Crippen LogP contribution in [0.2, 0.25) is 0 Å². The van der Waals surface area contributed by atoms with Crippen molar-refractivity contribution in [2.24, 2.45) is 12.0 Å². The Balaban J connectivity index is 1.76. The molecule has 2 aromatic carbocycles. The number of hydrogen-bond donors (Lipinski definition) is 0. The van der Waals surface area contributed by atoms with E-state index in [9.17, 15) is 0 Å². The summed E-state index contributed by atoms with van der Waals surface area (Å²) in [6.45, 7) is 4.35. The molecule has 0 aliphatic rings. The smallest absolute Gasteiger partial charge is 0.0746 e. The van der Waals surface area contributed by atoms with E-state index in [1.807, 2.05) is 12.3 Å². The Morgan fingerprint density at radius 2 is 1.86 bits per heavy atom. The zero-order chi connectivity index (χ0) is 21.0. The number of rotatable bonds is 7. The molecule has 0 spiro atoms. The lowest BCUT2D eigenvalue weighted by molar-refractivity contribution is 0.396. The van der Waals surface area contributed by atoms with Gasteiger partial charge in [0, 0.05) is 57.1 Å². The van der Waals surface area contributed by atoms with Crippen LogP contribution in [0.15, 0.2) is 59.7 Å². The van der Waals surface area contributed by atoms with E-state index < -0.39 is 0 Å². The van der Waals surface area contributed by atoms with Crippen molar-refractivity contribution in [1.82, 2.24) is 9.58 Å². The molecule has 152 valence electrons. The minimum atomic E-state index is 0.171. The lowest BCUT2D eigenvalue weighted by Gasteiger charge is -2.28. The summed E-state index contributed by atoms with van der Waals surface area (Å²) in [6.07, 6.45) is 9.26. The van der Waals surface area contributed by atoms with E-state index in [4.69, 9.17) is 4.99 Å². The Hall–Kier alpha value is -2.85. The summed E-state index contributed by atoms with van der Waals surface area (Å²) in [5.41, 5.74) is 6.20. The fourth-order valence-corrected chi connectivity index (χ4v) is 3.70. The zero-order valence-electron chi connectivity index (χ0n) is 18.4. The largest absolute Gasteiger partial charge is 0.350 e. The molecular weight excluding hydrogens is 356 g/mol. The Labute approximate surface area is 174 Å². The number of anilines is 1. The first-order chi connectivity index (χ1) is 13.9. The maximum Gasteiger partial charge on any atom is 0.0746 e. The SMILES string of the molecule is CCC(/N=C\C=C\c1cn(C)c2ccccc12)c1ccc(N(C)N(C)C)c(C)c1. The molecule has 0 fully saturated rings. The molecule has 0 N–H and O–H groups in total. The minimum Gasteiger partial charge on any atom is -0.350 e. The van der Waals surface area contributed by atoms with Gasteiger partial charge in [0.05, 0.1) is 11.7 Å². The molecule has 1 aromatic heterocycles. The first-order valence-corrected chi connectivity index (χ1v) is 10.2. The monoisotopic (exact) mass is 388 g/mol. The van der Waals surface area contributed by atoms with Crippen LogP contribution in [-0.2, 0) is 7.05 Å². The van der Waals surface area contributed by atoms with E-state index in [2.05, 4.69) is 111 Å². The first kappa shape index (κ1) is 20.9. The van der Waals surface area contributed by atoms with Crippen LogP contribution in [0.1, 0.15) is 36.1 Å². The Bertz CT molecular complexity index is 1030. The Morgan fingerprint density at radius 3 is 2.55 bits per heavy atom. The number of fused-ring (bicyclic) bond motifs is 1. The van der Waals surface area contributed by atoms with Crippen LogP contribution in [0.4, 0.5) is 5.69 Å². The molecule has 0 aliphatic heterocycles. The molecule has 0 amide bonds. The van der Waals surface area contributed by atoms with E-state index in [1.54, 1.807) is 0 Å². The molecule has 3 rings (SSSR count). The summed E-state index contributed by atoms with van der Waals surface area (Å²) in [5, 5.41) is 5.49. The molecule has 1 unspecified atom stereocenters. The summed E-state index contributed by atoms with van der Waals surface area (Å²) >= 11 is 0. The van der Waals surface area contributed by atoms with Gasteiger partial charge in [-0.05, 0) is 42.7 Å². The second kappa shape index (κ2) is 9.10. The average Bonchev–Trinajstić information content (AvgIpc) is 3.03. The van der Waals surface area contributed by atoms with Crippen LogP contribution in [0, 0.1) is 6.92 Å². The third-order valence-electron chi connectivity index (χ3n) is 5.50. The number of benzene rings is 2. The maximum absolute atomic E-state index is 4.82. The van der Waals surface area contributed by atoms with Gasteiger partial charge in [-0.25, -0.2) is 5.01 Å². The fraction of sp³-hybridized carbons (Fsp3) is 0.320. The van der Waals surface area contributed by atoms with Crippen molar-refractivity contribution >= 4 is 28.9 Å². The highest BCUT2D eigenvalue weighted by molar-refractivity contribution is 5.92. The van der Waals surface area contributed by atoms with Gasteiger partial charge in [-0.15, -0.1) is 0 Å². The minimum absolute atomic E-state index is 0.171. The summed E-state index contributed by atoms with van der Waals surface area (Å²) in [5.74, 6) is 0. The summed E-state index contributed by atoms with van der Waals surface area (Å²) in [7, 11) is 8.26. The van der Waals surface area contributed by atoms with Gasteiger partial charge in [0.25, 0.3) is 0 Å². The van der Waals surface area contributed by atoms with E-state index in [-0.39, 0.29) is 6.04 Å². The van der Waals surface area contributed by atoms with Crippen LogP contribution < -0.4 is 5.01 Å². The van der Waals surface area contributed by atoms with Crippen molar-refractivity contribution in [2.75, 3.05) is 26.2 Å². The quantitative estimate of drug-likeness (QED) is 0.387. The van der Waals surface area contributed by atoms with Crippen molar-refractivity contribution in [2.45, 2.75) is 26.3 Å². The highest BCUT2D eigenvalue weighted by Crippen LogP contribution is 2.27. The number of aliphatic imine (C=N–C) groups is 1. The number of aromatic nitrogens is 1. The lowest BCUT2D eigenvalue weighted by atomic mass is 10.0. The third-order valence-corrected chi connectivity index (χ3v) is 5.50.